The lowest BCUT2D eigenvalue weighted by Gasteiger charge is -2.12. The number of hydrogen-bond donors (Lipinski definition) is 1. The summed E-state index contributed by atoms with van der Waals surface area (Å²) < 4.78 is 10.5. The summed E-state index contributed by atoms with van der Waals surface area (Å²) in [7, 11) is 0. The van der Waals surface area contributed by atoms with Crippen molar-refractivity contribution in [3.8, 4) is 5.75 Å². The van der Waals surface area contributed by atoms with Crippen LogP contribution in [0.5, 0.6) is 5.75 Å². The molecule has 0 amide bonds. The van der Waals surface area contributed by atoms with E-state index >= 15 is 0 Å². The van der Waals surface area contributed by atoms with Gasteiger partial charge < -0.3 is 14.6 Å². The van der Waals surface area contributed by atoms with E-state index in [1.165, 1.54) is 0 Å². The maximum absolute atomic E-state index is 12.5. The van der Waals surface area contributed by atoms with Crippen LogP contribution in [0.2, 0.25) is 0 Å². The summed E-state index contributed by atoms with van der Waals surface area (Å²) in [5.74, 6) is -1.98. The van der Waals surface area contributed by atoms with E-state index in [-0.39, 0.29) is 25.0 Å². The lowest BCUT2D eigenvalue weighted by Crippen LogP contribution is -2.16. The third-order valence-electron chi connectivity index (χ3n) is 4.83. The van der Waals surface area contributed by atoms with Gasteiger partial charge in [-0.1, -0.05) is 31.2 Å². The molecule has 7 nitrogen and oxygen atoms in total. The standard InChI is InChI=1S/C25H28O7/c1-3-15-31-25(30)20-11-13-22(14-12-20)32-24(29)17(2)19-9-7-18(8-10-19)16-21(26)5-4-6-23(27)28/h7-14,17H,3-6,15-16H2,1-2H3,(H,27,28). The molecule has 0 aliphatic carbocycles. The molecular weight excluding hydrogens is 412 g/mol. The number of benzene rings is 2. The van der Waals surface area contributed by atoms with Crippen LogP contribution in [0.3, 0.4) is 0 Å². The summed E-state index contributed by atoms with van der Waals surface area (Å²) in [4.78, 5) is 46.8. The first kappa shape index (κ1) is 24.8. The minimum Gasteiger partial charge on any atom is -0.481 e. The van der Waals surface area contributed by atoms with Gasteiger partial charge in [-0.2, -0.15) is 0 Å². The van der Waals surface area contributed by atoms with Crippen molar-refractivity contribution in [3.63, 3.8) is 0 Å². The minimum atomic E-state index is -0.909. The number of Topliss-reactive ketones (excluding diaryl/α,β-unsaturated/α-hetero) is 1. The molecule has 0 bridgehead atoms. The van der Waals surface area contributed by atoms with Gasteiger partial charge in [0.25, 0.3) is 0 Å². The second-order valence-electron chi connectivity index (χ2n) is 7.51. The van der Waals surface area contributed by atoms with Crippen molar-refractivity contribution < 1.29 is 33.8 Å². The van der Waals surface area contributed by atoms with Crippen molar-refractivity contribution in [2.45, 2.75) is 51.9 Å². The summed E-state index contributed by atoms with van der Waals surface area (Å²) in [5.41, 5.74) is 1.94. The van der Waals surface area contributed by atoms with Gasteiger partial charge in [0.15, 0.2) is 0 Å². The normalized spacial score (nSPS) is 11.4. The molecule has 0 saturated heterocycles. The average molecular weight is 440 g/mol. The van der Waals surface area contributed by atoms with E-state index in [1.54, 1.807) is 55.5 Å². The molecule has 0 spiro atoms. The maximum atomic E-state index is 12.5. The first-order chi connectivity index (χ1) is 15.3. The molecule has 1 atom stereocenters. The van der Waals surface area contributed by atoms with Crippen molar-refractivity contribution >= 4 is 23.7 Å². The predicted molar refractivity (Wildman–Crippen MR) is 118 cm³/mol. The summed E-state index contributed by atoms with van der Waals surface area (Å²) in [6.07, 6.45) is 1.51. The third kappa shape index (κ3) is 7.98. The van der Waals surface area contributed by atoms with E-state index in [9.17, 15) is 19.2 Å². The van der Waals surface area contributed by atoms with Crippen LogP contribution in [0.4, 0.5) is 0 Å². The number of ketones is 1. The van der Waals surface area contributed by atoms with Crippen LogP contribution in [0.1, 0.15) is 66.9 Å². The van der Waals surface area contributed by atoms with Crippen molar-refractivity contribution in [2.75, 3.05) is 6.61 Å². The Kier molecular flexibility index (Phi) is 9.60. The molecule has 0 radical (unpaired) electrons. The minimum absolute atomic E-state index is 0.0179. The largest absolute Gasteiger partial charge is 0.481 e. The summed E-state index contributed by atoms with van der Waals surface area (Å²) >= 11 is 0. The monoisotopic (exact) mass is 440 g/mol. The number of rotatable bonds is 12. The van der Waals surface area contributed by atoms with Crippen LogP contribution < -0.4 is 4.74 Å². The predicted octanol–water partition coefficient (Wildman–Crippen LogP) is 4.33. The molecular formula is C25H28O7. The third-order valence-corrected chi connectivity index (χ3v) is 4.83. The highest BCUT2D eigenvalue weighted by molar-refractivity contribution is 5.89. The molecule has 7 heteroatoms. The van der Waals surface area contributed by atoms with Crippen LogP contribution in [-0.2, 0) is 25.5 Å². The first-order valence-electron chi connectivity index (χ1n) is 10.6. The number of carboxylic acids is 1. The van der Waals surface area contributed by atoms with Gasteiger partial charge in [0.1, 0.15) is 11.5 Å². The van der Waals surface area contributed by atoms with Gasteiger partial charge in [0.2, 0.25) is 0 Å². The first-order valence-corrected chi connectivity index (χ1v) is 10.6. The van der Waals surface area contributed by atoms with E-state index in [0.29, 0.717) is 24.3 Å². The highest BCUT2D eigenvalue weighted by atomic mass is 16.5. The molecule has 1 N–H and O–H groups in total. The maximum Gasteiger partial charge on any atom is 0.338 e. The Bertz CT molecular complexity index is 930. The van der Waals surface area contributed by atoms with E-state index in [2.05, 4.69) is 0 Å². The SMILES string of the molecule is CCCOC(=O)c1ccc(OC(=O)C(C)c2ccc(CC(=O)CCCC(=O)O)cc2)cc1. The zero-order chi connectivity index (χ0) is 23.5. The second-order valence-corrected chi connectivity index (χ2v) is 7.51. The smallest absolute Gasteiger partial charge is 0.338 e. The topological polar surface area (TPSA) is 107 Å². The van der Waals surface area contributed by atoms with Gasteiger partial charge >= 0.3 is 17.9 Å². The number of ether oxygens (including phenoxy) is 2. The van der Waals surface area contributed by atoms with Crippen LogP contribution in [-0.4, -0.2) is 35.4 Å². The molecule has 0 saturated carbocycles. The Morgan fingerprint density at radius 1 is 0.938 bits per heavy atom. The van der Waals surface area contributed by atoms with Gasteiger partial charge in [-0.05, 0) is 55.2 Å². The molecule has 32 heavy (non-hydrogen) atoms. The van der Waals surface area contributed by atoms with Crippen LogP contribution >= 0.6 is 0 Å². The van der Waals surface area contributed by atoms with Crippen LogP contribution in [0.15, 0.2) is 48.5 Å². The van der Waals surface area contributed by atoms with E-state index in [0.717, 1.165) is 17.5 Å². The Morgan fingerprint density at radius 2 is 1.59 bits per heavy atom. The molecule has 0 aromatic heterocycles. The van der Waals surface area contributed by atoms with Crippen molar-refractivity contribution in [2.24, 2.45) is 0 Å². The number of carbonyl (C=O) groups is 4. The summed E-state index contributed by atoms with van der Waals surface area (Å²) in [6.45, 7) is 3.99. The molecule has 0 aliphatic heterocycles. The number of aliphatic carboxylic acids is 1. The van der Waals surface area contributed by atoms with Gasteiger partial charge in [-0.25, -0.2) is 4.79 Å². The quantitative estimate of drug-likeness (QED) is 0.387. The number of esters is 2. The number of carbonyl (C=O) groups excluding carboxylic acids is 3. The van der Waals surface area contributed by atoms with Crippen LogP contribution in [0.25, 0.3) is 0 Å². The zero-order valence-corrected chi connectivity index (χ0v) is 18.3. The van der Waals surface area contributed by atoms with E-state index in [1.807, 2.05) is 6.92 Å². The molecule has 1 unspecified atom stereocenters. The fourth-order valence-electron chi connectivity index (χ4n) is 2.95. The highest BCUT2D eigenvalue weighted by Gasteiger charge is 2.18. The molecule has 2 aromatic rings. The van der Waals surface area contributed by atoms with Crippen molar-refractivity contribution in [1.82, 2.24) is 0 Å². The molecule has 0 aliphatic rings. The van der Waals surface area contributed by atoms with Crippen molar-refractivity contribution in [3.05, 3.63) is 65.2 Å². The van der Waals surface area contributed by atoms with E-state index < -0.39 is 23.8 Å². The van der Waals surface area contributed by atoms with Gasteiger partial charge in [0.05, 0.1) is 18.1 Å². The molecule has 0 heterocycles. The lowest BCUT2D eigenvalue weighted by molar-refractivity contribution is -0.137. The molecule has 2 aromatic carbocycles. The summed E-state index contributed by atoms with van der Waals surface area (Å²) in [6, 6.07) is 13.3. The van der Waals surface area contributed by atoms with Crippen LogP contribution in [0, 0.1) is 0 Å². The fourth-order valence-corrected chi connectivity index (χ4v) is 2.95. The Balaban J connectivity index is 1.88. The summed E-state index contributed by atoms with van der Waals surface area (Å²) in [5, 5.41) is 8.63. The fraction of sp³-hybridized carbons (Fsp3) is 0.360. The van der Waals surface area contributed by atoms with E-state index in [4.69, 9.17) is 14.6 Å². The number of hydrogen-bond acceptors (Lipinski definition) is 6. The Morgan fingerprint density at radius 3 is 2.19 bits per heavy atom. The molecule has 2 rings (SSSR count). The van der Waals surface area contributed by atoms with Gasteiger partial charge in [0, 0.05) is 19.3 Å². The van der Waals surface area contributed by atoms with Gasteiger partial charge in [-0.15, -0.1) is 0 Å². The zero-order valence-electron chi connectivity index (χ0n) is 18.3. The Labute approximate surface area is 187 Å². The highest BCUT2D eigenvalue weighted by Crippen LogP contribution is 2.21. The Hall–Kier alpha value is -3.48. The molecule has 170 valence electrons. The average Bonchev–Trinajstić information content (AvgIpc) is 2.77. The number of carboxylic acid groups (broad SMARTS) is 1. The molecule has 0 fully saturated rings. The second kappa shape index (κ2) is 12.4. The lowest BCUT2D eigenvalue weighted by atomic mass is 9.98. The van der Waals surface area contributed by atoms with Crippen molar-refractivity contribution in [1.29, 1.82) is 0 Å². The van der Waals surface area contributed by atoms with Gasteiger partial charge in [-0.3, -0.25) is 14.4 Å².